The van der Waals surface area contributed by atoms with Crippen molar-refractivity contribution in [2.45, 2.75) is 0 Å². The van der Waals surface area contributed by atoms with Crippen LogP contribution < -0.4 is 16.4 Å². The summed E-state index contributed by atoms with van der Waals surface area (Å²) in [6.07, 6.45) is 0. The van der Waals surface area contributed by atoms with Crippen molar-refractivity contribution in [1.29, 1.82) is 0 Å². The Morgan fingerprint density at radius 2 is 1.62 bits per heavy atom. The minimum atomic E-state index is -0.996. The Kier molecular flexibility index (Phi) is 3.60. The zero-order valence-corrected chi connectivity index (χ0v) is 8.61. The molecule has 0 spiro atoms. The normalized spacial score (nSPS) is 9.31. The maximum atomic E-state index is 11.4. The van der Waals surface area contributed by atoms with Crippen molar-refractivity contribution in [2.24, 2.45) is 0 Å². The minimum Gasteiger partial charge on any atom is -0.399 e. The standard InChI is InChI=1S/C10H11N3O3/c1-12-9(15)10(16)13-8(14)6-2-4-7(11)5-3-6/h2-5H,11H2,1H3,(H,12,15)(H,13,14,16). The second-order valence-corrected chi connectivity index (χ2v) is 2.98. The number of imide groups is 1. The first kappa shape index (κ1) is 11.7. The third-order valence-corrected chi connectivity index (χ3v) is 1.83. The van der Waals surface area contributed by atoms with Crippen LogP contribution in [0.25, 0.3) is 0 Å². The zero-order chi connectivity index (χ0) is 12.1. The molecule has 16 heavy (non-hydrogen) atoms. The van der Waals surface area contributed by atoms with Crippen LogP contribution in [-0.4, -0.2) is 24.8 Å². The van der Waals surface area contributed by atoms with Crippen molar-refractivity contribution >= 4 is 23.4 Å². The molecule has 1 rings (SSSR count). The Labute approximate surface area is 91.8 Å². The lowest BCUT2D eigenvalue weighted by atomic mass is 10.2. The van der Waals surface area contributed by atoms with Gasteiger partial charge in [-0.15, -0.1) is 0 Å². The molecular weight excluding hydrogens is 210 g/mol. The quantitative estimate of drug-likeness (QED) is 0.430. The van der Waals surface area contributed by atoms with E-state index in [9.17, 15) is 14.4 Å². The molecule has 0 fully saturated rings. The highest BCUT2D eigenvalue weighted by molar-refractivity contribution is 6.38. The third kappa shape index (κ3) is 2.81. The first-order chi connectivity index (χ1) is 7.54. The number of carbonyl (C=O) groups excluding carboxylic acids is 3. The molecule has 4 N–H and O–H groups in total. The Bertz CT molecular complexity index is 425. The third-order valence-electron chi connectivity index (χ3n) is 1.83. The van der Waals surface area contributed by atoms with E-state index in [4.69, 9.17) is 5.73 Å². The molecule has 0 aliphatic carbocycles. The number of carbonyl (C=O) groups is 3. The second-order valence-electron chi connectivity index (χ2n) is 2.98. The van der Waals surface area contributed by atoms with Gasteiger partial charge in [0.1, 0.15) is 0 Å². The second kappa shape index (κ2) is 4.92. The van der Waals surface area contributed by atoms with E-state index in [0.717, 1.165) is 0 Å². The fourth-order valence-electron chi connectivity index (χ4n) is 0.980. The van der Waals surface area contributed by atoms with Gasteiger partial charge < -0.3 is 11.1 Å². The van der Waals surface area contributed by atoms with Crippen LogP contribution in [0.4, 0.5) is 5.69 Å². The highest BCUT2D eigenvalue weighted by atomic mass is 16.2. The molecule has 84 valence electrons. The molecule has 0 bridgehead atoms. The first-order valence-electron chi connectivity index (χ1n) is 4.47. The topological polar surface area (TPSA) is 101 Å². The molecule has 0 heterocycles. The molecular formula is C10H11N3O3. The molecule has 0 unspecified atom stereocenters. The van der Waals surface area contributed by atoms with Crippen LogP contribution in [0.1, 0.15) is 10.4 Å². The number of nitrogens with one attached hydrogen (secondary N) is 2. The molecule has 0 atom stereocenters. The maximum absolute atomic E-state index is 11.4. The van der Waals surface area contributed by atoms with Crippen LogP contribution in [0.15, 0.2) is 24.3 Å². The van der Waals surface area contributed by atoms with Gasteiger partial charge >= 0.3 is 11.8 Å². The number of amides is 3. The largest absolute Gasteiger partial charge is 0.399 e. The highest BCUT2D eigenvalue weighted by Crippen LogP contribution is 2.04. The van der Waals surface area contributed by atoms with Crippen molar-refractivity contribution < 1.29 is 14.4 Å². The number of anilines is 1. The van der Waals surface area contributed by atoms with Gasteiger partial charge in [0.15, 0.2) is 0 Å². The van der Waals surface area contributed by atoms with Gasteiger partial charge in [0.05, 0.1) is 0 Å². The van der Waals surface area contributed by atoms with E-state index < -0.39 is 17.7 Å². The predicted octanol–water partition coefficient (Wildman–Crippen LogP) is -0.729. The van der Waals surface area contributed by atoms with Gasteiger partial charge in [0.2, 0.25) is 0 Å². The maximum Gasteiger partial charge on any atom is 0.316 e. The summed E-state index contributed by atoms with van der Waals surface area (Å²) in [5.41, 5.74) is 6.20. The Morgan fingerprint density at radius 3 is 2.12 bits per heavy atom. The highest BCUT2D eigenvalue weighted by Gasteiger charge is 2.15. The van der Waals surface area contributed by atoms with Crippen molar-refractivity contribution in [3.63, 3.8) is 0 Å². The summed E-state index contributed by atoms with van der Waals surface area (Å²) < 4.78 is 0. The molecule has 1 aromatic carbocycles. The molecule has 0 saturated carbocycles. The Balaban J connectivity index is 2.69. The fourth-order valence-corrected chi connectivity index (χ4v) is 0.980. The molecule has 0 saturated heterocycles. The molecule has 3 amide bonds. The summed E-state index contributed by atoms with van der Waals surface area (Å²) >= 11 is 0. The van der Waals surface area contributed by atoms with Crippen LogP contribution in [0.3, 0.4) is 0 Å². The lowest BCUT2D eigenvalue weighted by Gasteiger charge is -2.03. The zero-order valence-electron chi connectivity index (χ0n) is 8.61. The summed E-state index contributed by atoms with van der Waals surface area (Å²) in [6.45, 7) is 0. The van der Waals surface area contributed by atoms with Crippen molar-refractivity contribution in [3.8, 4) is 0 Å². The number of hydrogen-bond donors (Lipinski definition) is 3. The Morgan fingerprint density at radius 1 is 1.06 bits per heavy atom. The smallest absolute Gasteiger partial charge is 0.316 e. The van der Waals surface area contributed by atoms with E-state index in [-0.39, 0.29) is 5.56 Å². The van der Waals surface area contributed by atoms with Crippen molar-refractivity contribution in [1.82, 2.24) is 10.6 Å². The SMILES string of the molecule is CNC(=O)C(=O)NC(=O)c1ccc(N)cc1. The lowest BCUT2D eigenvalue weighted by Crippen LogP contribution is -2.41. The summed E-state index contributed by atoms with van der Waals surface area (Å²) in [5.74, 6) is -2.51. The van der Waals surface area contributed by atoms with Crippen LogP contribution in [0.2, 0.25) is 0 Å². The average Bonchev–Trinajstić information content (AvgIpc) is 2.28. The van der Waals surface area contributed by atoms with E-state index in [2.05, 4.69) is 5.32 Å². The molecule has 1 aromatic rings. The molecule has 0 aromatic heterocycles. The summed E-state index contributed by atoms with van der Waals surface area (Å²) in [4.78, 5) is 33.3. The molecule has 0 aliphatic rings. The molecule has 0 radical (unpaired) electrons. The fraction of sp³-hybridized carbons (Fsp3) is 0.100. The predicted molar refractivity (Wildman–Crippen MR) is 57.4 cm³/mol. The molecule has 6 nitrogen and oxygen atoms in total. The summed E-state index contributed by atoms with van der Waals surface area (Å²) in [6, 6.07) is 5.97. The van der Waals surface area contributed by atoms with Crippen LogP contribution in [-0.2, 0) is 9.59 Å². The summed E-state index contributed by atoms with van der Waals surface area (Å²) in [5, 5.41) is 4.04. The summed E-state index contributed by atoms with van der Waals surface area (Å²) in [7, 11) is 1.30. The first-order valence-corrected chi connectivity index (χ1v) is 4.47. The number of hydrogen-bond acceptors (Lipinski definition) is 4. The van der Waals surface area contributed by atoms with Gasteiger partial charge in [-0.2, -0.15) is 0 Å². The van der Waals surface area contributed by atoms with E-state index in [1.54, 1.807) is 0 Å². The van der Waals surface area contributed by atoms with Crippen molar-refractivity contribution in [3.05, 3.63) is 29.8 Å². The average molecular weight is 221 g/mol. The van der Waals surface area contributed by atoms with Gasteiger partial charge in [-0.1, -0.05) is 0 Å². The van der Waals surface area contributed by atoms with Crippen LogP contribution >= 0.6 is 0 Å². The van der Waals surface area contributed by atoms with E-state index in [1.165, 1.54) is 31.3 Å². The van der Waals surface area contributed by atoms with Gasteiger partial charge in [0.25, 0.3) is 5.91 Å². The van der Waals surface area contributed by atoms with E-state index in [1.807, 2.05) is 5.32 Å². The number of likely N-dealkylation sites (N-methyl/N-ethyl adjacent to an activating group) is 1. The van der Waals surface area contributed by atoms with Gasteiger partial charge in [-0.25, -0.2) is 0 Å². The Hall–Kier alpha value is -2.37. The van der Waals surface area contributed by atoms with Crippen LogP contribution in [0.5, 0.6) is 0 Å². The van der Waals surface area contributed by atoms with Crippen molar-refractivity contribution in [2.75, 3.05) is 12.8 Å². The van der Waals surface area contributed by atoms with E-state index >= 15 is 0 Å². The lowest BCUT2D eigenvalue weighted by molar-refractivity contribution is -0.138. The van der Waals surface area contributed by atoms with Crippen LogP contribution in [0, 0.1) is 0 Å². The number of rotatable bonds is 1. The molecule has 0 aliphatic heterocycles. The molecule has 6 heteroatoms. The van der Waals surface area contributed by atoms with Gasteiger partial charge in [-0.3, -0.25) is 19.7 Å². The number of benzene rings is 1. The van der Waals surface area contributed by atoms with Gasteiger partial charge in [-0.05, 0) is 24.3 Å². The van der Waals surface area contributed by atoms with E-state index in [0.29, 0.717) is 5.69 Å². The van der Waals surface area contributed by atoms with Gasteiger partial charge in [0, 0.05) is 18.3 Å². The monoisotopic (exact) mass is 221 g/mol. The number of nitrogens with two attached hydrogens (primary N) is 1. The number of nitrogen functional groups attached to an aromatic ring is 1. The minimum absolute atomic E-state index is 0.256.